The largest absolute Gasteiger partial charge is 0.480 e. The number of carboxylic acid groups (broad SMARTS) is 1. The Bertz CT molecular complexity index is 632. The zero-order valence-electron chi connectivity index (χ0n) is 11.3. The van der Waals surface area contributed by atoms with Gasteiger partial charge in [-0.1, -0.05) is 11.6 Å². The molecule has 1 fully saturated rings. The molecule has 0 spiro atoms. The lowest BCUT2D eigenvalue weighted by Crippen LogP contribution is -2.39. The van der Waals surface area contributed by atoms with E-state index >= 15 is 0 Å². The van der Waals surface area contributed by atoms with Crippen LogP contribution in [-0.4, -0.2) is 33.5 Å². The van der Waals surface area contributed by atoms with Crippen molar-refractivity contribution in [1.29, 1.82) is 0 Å². The van der Waals surface area contributed by atoms with Gasteiger partial charge in [0.2, 0.25) is 0 Å². The van der Waals surface area contributed by atoms with Crippen molar-refractivity contribution >= 4 is 28.9 Å². The zero-order chi connectivity index (χ0) is 14.8. The first-order valence-electron chi connectivity index (χ1n) is 6.80. The van der Waals surface area contributed by atoms with Crippen molar-refractivity contribution in [2.75, 3.05) is 6.54 Å². The summed E-state index contributed by atoms with van der Waals surface area (Å²) in [6.45, 7) is 0.777. The Hall–Kier alpha value is -1.43. The van der Waals surface area contributed by atoms with Gasteiger partial charge >= 0.3 is 5.97 Å². The van der Waals surface area contributed by atoms with Crippen LogP contribution in [0, 0.1) is 0 Å². The average Bonchev–Trinajstić information content (AvgIpc) is 3.10. The number of rotatable bonds is 4. The van der Waals surface area contributed by atoms with Gasteiger partial charge in [-0.05, 0) is 42.7 Å². The van der Waals surface area contributed by atoms with Crippen molar-refractivity contribution < 1.29 is 9.90 Å². The van der Waals surface area contributed by atoms with E-state index in [-0.39, 0.29) is 6.04 Å². The van der Waals surface area contributed by atoms with Gasteiger partial charge in [0.05, 0.1) is 10.4 Å². The lowest BCUT2D eigenvalue weighted by molar-refractivity contribution is -0.142. The molecule has 0 radical (unpaired) electrons. The maximum absolute atomic E-state index is 11.5. The van der Waals surface area contributed by atoms with Gasteiger partial charge in [-0.15, -0.1) is 11.3 Å². The van der Waals surface area contributed by atoms with Crippen molar-refractivity contribution in [1.82, 2.24) is 9.88 Å². The highest BCUT2D eigenvalue weighted by atomic mass is 35.5. The minimum absolute atomic E-state index is 0.0749. The summed E-state index contributed by atoms with van der Waals surface area (Å²) in [6.07, 6.45) is 5.07. The number of pyridine rings is 1. The number of halogens is 1. The van der Waals surface area contributed by atoms with Crippen LogP contribution in [0.1, 0.15) is 29.3 Å². The molecule has 2 atom stereocenters. The summed E-state index contributed by atoms with van der Waals surface area (Å²) in [5.74, 6) is -0.755. The topological polar surface area (TPSA) is 53.4 Å². The summed E-state index contributed by atoms with van der Waals surface area (Å²) in [5, 5.41) is 9.45. The van der Waals surface area contributed by atoms with Gasteiger partial charge in [0.15, 0.2) is 0 Å². The number of aliphatic carboxylic acids is 1. The Labute approximate surface area is 132 Å². The van der Waals surface area contributed by atoms with Crippen LogP contribution in [-0.2, 0) is 4.79 Å². The molecule has 2 aromatic heterocycles. The third-order valence-electron chi connectivity index (χ3n) is 3.80. The van der Waals surface area contributed by atoms with Crippen LogP contribution in [0.4, 0.5) is 0 Å². The quantitative estimate of drug-likeness (QED) is 0.937. The van der Waals surface area contributed by atoms with Gasteiger partial charge in [-0.25, -0.2) is 0 Å². The summed E-state index contributed by atoms with van der Waals surface area (Å²) in [7, 11) is 0. The lowest BCUT2D eigenvalue weighted by atomic mass is 10.0. The fourth-order valence-electron chi connectivity index (χ4n) is 2.90. The second-order valence-corrected chi connectivity index (χ2v) is 6.81. The average molecular weight is 323 g/mol. The number of nitrogens with zero attached hydrogens (tertiary/aromatic N) is 2. The van der Waals surface area contributed by atoms with Crippen LogP contribution >= 0.6 is 22.9 Å². The Kier molecular flexibility index (Phi) is 4.24. The predicted octanol–water partition coefficient (Wildman–Crippen LogP) is 3.43. The molecule has 0 aromatic carbocycles. The fraction of sp³-hybridized carbons (Fsp3) is 0.333. The van der Waals surface area contributed by atoms with E-state index in [2.05, 4.69) is 9.88 Å². The lowest BCUT2D eigenvalue weighted by Gasteiger charge is -2.30. The maximum atomic E-state index is 11.5. The van der Waals surface area contributed by atoms with Crippen molar-refractivity contribution in [3.05, 3.63) is 51.4 Å². The van der Waals surface area contributed by atoms with Gasteiger partial charge in [0.25, 0.3) is 0 Å². The Morgan fingerprint density at radius 3 is 2.76 bits per heavy atom. The highest BCUT2D eigenvalue weighted by Crippen LogP contribution is 2.38. The standard InChI is InChI=1S/C15H15ClN2O2S/c16-13-4-3-12(21-13)14(10-5-7-17-8-6-10)18-9-1-2-11(18)15(19)20/h3-8,11,14H,1-2,9H2,(H,19,20). The maximum Gasteiger partial charge on any atom is 0.320 e. The van der Waals surface area contributed by atoms with E-state index in [0.29, 0.717) is 6.42 Å². The number of aromatic nitrogens is 1. The Balaban J connectivity index is 2.02. The summed E-state index contributed by atoms with van der Waals surface area (Å²) in [4.78, 5) is 18.7. The molecule has 3 rings (SSSR count). The van der Waals surface area contributed by atoms with Crippen LogP contribution in [0.25, 0.3) is 0 Å². The normalized spacial score (nSPS) is 20.5. The highest BCUT2D eigenvalue weighted by molar-refractivity contribution is 7.16. The molecule has 4 nitrogen and oxygen atoms in total. The Morgan fingerprint density at radius 1 is 1.38 bits per heavy atom. The molecular formula is C15H15ClN2O2S. The van der Waals surface area contributed by atoms with Crippen LogP contribution in [0.3, 0.4) is 0 Å². The van der Waals surface area contributed by atoms with E-state index < -0.39 is 12.0 Å². The molecule has 110 valence electrons. The van der Waals surface area contributed by atoms with Crippen molar-refractivity contribution in [3.8, 4) is 0 Å². The second kappa shape index (κ2) is 6.13. The zero-order valence-corrected chi connectivity index (χ0v) is 12.8. The minimum atomic E-state index is -0.755. The minimum Gasteiger partial charge on any atom is -0.480 e. The molecule has 1 aliphatic rings. The summed E-state index contributed by atoms with van der Waals surface area (Å²) < 4.78 is 0.718. The molecule has 2 unspecified atom stereocenters. The van der Waals surface area contributed by atoms with Crippen molar-refractivity contribution in [2.24, 2.45) is 0 Å². The van der Waals surface area contributed by atoms with Gasteiger partial charge in [-0.2, -0.15) is 0 Å². The predicted molar refractivity (Wildman–Crippen MR) is 82.8 cm³/mol. The molecule has 3 heterocycles. The molecule has 6 heteroatoms. The number of hydrogen-bond acceptors (Lipinski definition) is 4. The van der Waals surface area contributed by atoms with E-state index in [0.717, 1.165) is 27.7 Å². The molecule has 21 heavy (non-hydrogen) atoms. The summed E-state index contributed by atoms with van der Waals surface area (Å²) >= 11 is 7.57. The van der Waals surface area contributed by atoms with E-state index in [4.69, 9.17) is 11.6 Å². The number of likely N-dealkylation sites (tertiary alicyclic amines) is 1. The van der Waals surface area contributed by atoms with E-state index in [1.54, 1.807) is 12.4 Å². The monoisotopic (exact) mass is 322 g/mol. The van der Waals surface area contributed by atoms with Gasteiger partial charge < -0.3 is 5.11 Å². The van der Waals surface area contributed by atoms with Crippen molar-refractivity contribution in [3.63, 3.8) is 0 Å². The Morgan fingerprint density at radius 2 is 2.14 bits per heavy atom. The molecule has 1 N–H and O–H groups in total. The second-order valence-electron chi connectivity index (χ2n) is 5.06. The molecule has 0 aliphatic carbocycles. The van der Waals surface area contributed by atoms with E-state index in [1.807, 2.05) is 24.3 Å². The molecule has 2 aromatic rings. The first kappa shape index (κ1) is 14.5. The fourth-order valence-corrected chi connectivity index (χ4v) is 4.11. The molecule has 0 amide bonds. The highest BCUT2D eigenvalue weighted by Gasteiger charge is 2.37. The molecule has 1 saturated heterocycles. The summed E-state index contributed by atoms with van der Waals surface area (Å²) in [5.41, 5.74) is 1.05. The first-order valence-corrected chi connectivity index (χ1v) is 8.00. The van der Waals surface area contributed by atoms with E-state index in [1.165, 1.54) is 11.3 Å². The summed E-state index contributed by atoms with van der Waals surface area (Å²) in [6, 6.07) is 7.21. The van der Waals surface area contributed by atoms with E-state index in [9.17, 15) is 9.90 Å². The van der Waals surface area contributed by atoms with Crippen LogP contribution in [0.15, 0.2) is 36.7 Å². The molecule has 1 aliphatic heterocycles. The van der Waals surface area contributed by atoms with Crippen LogP contribution in [0.5, 0.6) is 0 Å². The third-order valence-corrected chi connectivity index (χ3v) is 5.08. The molecule has 0 bridgehead atoms. The van der Waals surface area contributed by atoms with Gasteiger partial charge in [0, 0.05) is 23.8 Å². The van der Waals surface area contributed by atoms with Crippen LogP contribution in [0.2, 0.25) is 4.34 Å². The number of carbonyl (C=O) groups is 1. The molecule has 0 saturated carbocycles. The first-order chi connectivity index (χ1) is 10.2. The number of thiophene rings is 1. The van der Waals surface area contributed by atoms with Gasteiger partial charge in [-0.3, -0.25) is 14.7 Å². The third kappa shape index (κ3) is 2.95. The smallest absolute Gasteiger partial charge is 0.320 e. The van der Waals surface area contributed by atoms with Crippen molar-refractivity contribution in [2.45, 2.75) is 24.9 Å². The van der Waals surface area contributed by atoms with Gasteiger partial charge in [0.1, 0.15) is 6.04 Å². The number of hydrogen-bond donors (Lipinski definition) is 1. The molecular weight excluding hydrogens is 308 g/mol. The SMILES string of the molecule is O=C(O)C1CCCN1C(c1ccncc1)c1ccc(Cl)s1. The number of carboxylic acids is 1. The van der Waals surface area contributed by atoms with Crippen LogP contribution < -0.4 is 0 Å².